The molecule has 1 saturated carbocycles. The Morgan fingerprint density at radius 1 is 1.62 bits per heavy atom. The van der Waals surface area contributed by atoms with E-state index in [1.165, 1.54) is 12.8 Å². The van der Waals surface area contributed by atoms with Crippen molar-refractivity contribution in [1.29, 1.82) is 0 Å². The number of carbonyl (C=O) groups excluding carboxylic acids is 1. The van der Waals surface area contributed by atoms with Gasteiger partial charge >= 0.3 is 0 Å². The summed E-state index contributed by atoms with van der Waals surface area (Å²) < 4.78 is 0. The first-order valence-electron chi connectivity index (χ1n) is 5.12. The summed E-state index contributed by atoms with van der Waals surface area (Å²) >= 11 is 0. The highest BCUT2D eigenvalue weighted by Crippen LogP contribution is 2.34. The molecule has 0 heterocycles. The number of likely N-dealkylation sites (N-methyl/N-ethyl adjacent to an activating group) is 2. The molecule has 0 aliphatic heterocycles. The predicted octanol–water partition coefficient (Wildman–Crippen LogP) is 0.853. The maximum atomic E-state index is 11.2. The molecule has 1 atom stereocenters. The second-order valence-corrected chi connectivity index (χ2v) is 3.95. The first-order valence-corrected chi connectivity index (χ1v) is 5.12. The predicted molar refractivity (Wildman–Crippen MR) is 53.5 cm³/mol. The van der Waals surface area contributed by atoms with Crippen LogP contribution in [0.4, 0.5) is 0 Å². The number of carbonyl (C=O) groups is 1. The Hall–Kier alpha value is -0.570. The van der Waals surface area contributed by atoms with Crippen molar-refractivity contribution in [1.82, 2.24) is 10.2 Å². The van der Waals surface area contributed by atoms with Crippen molar-refractivity contribution in [2.45, 2.75) is 32.7 Å². The Kier molecular flexibility index (Phi) is 3.72. The zero-order valence-corrected chi connectivity index (χ0v) is 8.84. The lowest BCUT2D eigenvalue weighted by Crippen LogP contribution is -2.40. The molecule has 0 saturated heterocycles. The molecule has 1 aliphatic carbocycles. The van der Waals surface area contributed by atoms with Gasteiger partial charge in [0.15, 0.2) is 0 Å². The van der Waals surface area contributed by atoms with E-state index in [-0.39, 0.29) is 5.91 Å². The van der Waals surface area contributed by atoms with Gasteiger partial charge in [-0.3, -0.25) is 9.69 Å². The highest BCUT2D eigenvalue weighted by atomic mass is 16.2. The lowest BCUT2D eigenvalue weighted by Gasteiger charge is -2.23. The molecule has 1 fully saturated rings. The second-order valence-electron chi connectivity index (χ2n) is 3.95. The number of amides is 1. The topological polar surface area (TPSA) is 32.3 Å². The van der Waals surface area contributed by atoms with E-state index >= 15 is 0 Å². The van der Waals surface area contributed by atoms with Crippen molar-refractivity contribution in [3.63, 3.8) is 0 Å². The smallest absolute Gasteiger partial charge is 0.234 e. The number of nitrogens with zero attached hydrogens (tertiary/aromatic N) is 1. The summed E-state index contributed by atoms with van der Waals surface area (Å²) in [7, 11) is 2.03. The van der Waals surface area contributed by atoms with E-state index in [0.717, 1.165) is 12.5 Å². The summed E-state index contributed by atoms with van der Waals surface area (Å²) in [6.45, 7) is 5.41. The van der Waals surface area contributed by atoms with Crippen LogP contribution < -0.4 is 5.32 Å². The fraction of sp³-hybridized carbons (Fsp3) is 0.900. The van der Waals surface area contributed by atoms with Gasteiger partial charge in [0.25, 0.3) is 0 Å². The van der Waals surface area contributed by atoms with Crippen molar-refractivity contribution in [2.24, 2.45) is 5.92 Å². The SMILES string of the molecule is CCNC(=O)CN(C)C(C)C1CC1. The van der Waals surface area contributed by atoms with Gasteiger partial charge in [-0.1, -0.05) is 0 Å². The minimum absolute atomic E-state index is 0.137. The third kappa shape index (κ3) is 3.35. The van der Waals surface area contributed by atoms with Crippen molar-refractivity contribution in [2.75, 3.05) is 20.1 Å². The molecule has 0 aromatic carbocycles. The molecule has 0 aromatic heterocycles. The van der Waals surface area contributed by atoms with Crippen molar-refractivity contribution >= 4 is 5.91 Å². The molecular weight excluding hydrogens is 164 g/mol. The van der Waals surface area contributed by atoms with E-state index in [4.69, 9.17) is 0 Å². The van der Waals surface area contributed by atoms with Crippen LogP contribution >= 0.6 is 0 Å². The highest BCUT2D eigenvalue weighted by molar-refractivity contribution is 5.77. The molecule has 1 N–H and O–H groups in total. The second kappa shape index (κ2) is 4.61. The molecule has 0 aromatic rings. The Bertz CT molecular complexity index is 178. The van der Waals surface area contributed by atoms with Crippen molar-refractivity contribution in [3.05, 3.63) is 0 Å². The third-order valence-electron chi connectivity index (χ3n) is 2.77. The Morgan fingerprint density at radius 2 is 2.23 bits per heavy atom. The van der Waals surface area contributed by atoms with Gasteiger partial charge in [0.05, 0.1) is 6.54 Å². The van der Waals surface area contributed by atoms with Gasteiger partial charge < -0.3 is 5.32 Å². The molecule has 0 radical (unpaired) electrons. The minimum atomic E-state index is 0.137. The van der Waals surface area contributed by atoms with Crippen LogP contribution in [0.1, 0.15) is 26.7 Å². The maximum absolute atomic E-state index is 11.2. The Balaban J connectivity index is 2.22. The van der Waals surface area contributed by atoms with Gasteiger partial charge in [-0.2, -0.15) is 0 Å². The average molecular weight is 184 g/mol. The van der Waals surface area contributed by atoms with Crippen LogP contribution in [0.3, 0.4) is 0 Å². The summed E-state index contributed by atoms with van der Waals surface area (Å²) in [6.07, 6.45) is 2.67. The van der Waals surface area contributed by atoms with E-state index in [1.807, 2.05) is 14.0 Å². The standard InChI is InChI=1S/C10H20N2O/c1-4-11-10(13)7-12(3)8(2)9-5-6-9/h8-9H,4-7H2,1-3H3,(H,11,13). The number of nitrogens with one attached hydrogen (secondary N) is 1. The fourth-order valence-electron chi connectivity index (χ4n) is 1.56. The number of rotatable bonds is 5. The van der Waals surface area contributed by atoms with Crippen LogP contribution in [0.25, 0.3) is 0 Å². The molecule has 0 spiro atoms. The van der Waals surface area contributed by atoms with Crippen molar-refractivity contribution in [3.8, 4) is 0 Å². The summed E-state index contributed by atoms with van der Waals surface area (Å²) in [5.41, 5.74) is 0. The highest BCUT2D eigenvalue weighted by Gasteiger charge is 2.30. The Labute approximate surface area is 80.5 Å². The van der Waals surface area contributed by atoms with Gasteiger partial charge in [-0.25, -0.2) is 0 Å². The van der Waals surface area contributed by atoms with Crippen LogP contribution in [0.15, 0.2) is 0 Å². The summed E-state index contributed by atoms with van der Waals surface area (Å²) in [5, 5.41) is 2.81. The van der Waals surface area contributed by atoms with E-state index < -0.39 is 0 Å². The lowest BCUT2D eigenvalue weighted by molar-refractivity contribution is -0.122. The minimum Gasteiger partial charge on any atom is -0.355 e. The molecule has 0 bridgehead atoms. The molecule has 1 aliphatic rings. The summed E-state index contributed by atoms with van der Waals surface area (Å²) in [5.74, 6) is 0.969. The molecule has 13 heavy (non-hydrogen) atoms. The van der Waals surface area contributed by atoms with Gasteiger partial charge in [0.1, 0.15) is 0 Å². The van der Waals surface area contributed by atoms with E-state index in [9.17, 15) is 4.79 Å². The normalized spacial score (nSPS) is 18.8. The Morgan fingerprint density at radius 3 is 2.69 bits per heavy atom. The van der Waals surface area contributed by atoms with Crippen LogP contribution in [0.2, 0.25) is 0 Å². The van der Waals surface area contributed by atoms with Crippen molar-refractivity contribution < 1.29 is 4.79 Å². The largest absolute Gasteiger partial charge is 0.355 e. The number of hydrogen-bond acceptors (Lipinski definition) is 2. The molecule has 3 heteroatoms. The van der Waals surface area contributed by atoms with Crippen LogP contribution in [0.5, 0.6) is 0 Å². The molecular formula is C10H20N2O. The van der Waals surface area contributed by atoms with Crippen LogP contribution in [-0.2, 0) is 4.79 Å². The maximum Gasteiger partial charge on any atom is 0.234 e. The molecule has 1 unspecified atom stereocenters. The van der Waals surface area contributed by atoms with Gasteiger partial charge in [0.2, 0.25) is 5.91 Å². The first kappa shape index (κ1) is 10.5. The van der Waals surface area contributed by atoms with E-state index in [2.05, 4.69) is 17.1 Å². The zero-order chi connectivity index (χ0) is 9.84. The summed E-state index contributed by atoms with van der Waals surface area (Å²) in [6, 6.07) is 0.558. The van der Waals surface area contributed by atoms with E-state index in [0.29, 0.717) is 12.6 Å². The summed E-state index contributed by atoms with van der Waals surface area (Å²) in [4.78, 5) is 13.4. The molecule has 1 rings (SSSR count). The first-order chi connectivity index (χ1) is 6.15. The van der Waals surface area contributed by atoms with Gasteiger partial charge in [-0.15, -0.1) is 0 Å². The molecule has 76 valence electrons. The lowest BCUT2D eigenvalue weighted by atomic mass is 10.2. The van der Waals surface area contributed by atoms with Gasteiger partial charge in [-0.05, 0) is 39.7 Å². The molecule has 1 amide bonds. The van der Waals surface area contributed by atoms with Crippen LogP contribution in [0, 0.1) is 5.92 Å². The number of hydrogen-bond donors (Lipinski definition) is 1. The van der Waals surface area contributed by atoms with Crippen LogP contribution in [-0.4, -0.2) is 37.0 Å². The van der Waals surface area contributed by atoms with E-state index in [1.54, 1.807) is 0 Å². The van der Waals surface area contributed by atoms with Gasteiger partial charge in [0, 0.05) is 12.6 Å². The molecule has 3 nitrogen and oxygen atoms in total. The third-order valence-corrected chi connectivity index (χ3v) is 2.77. The quantitative estimate of drug-likeness (QED) is 0.687. The fourth-order valence-corrected chi connectivity index (χ4v) is 1.56. The average Bonchev–Trinajstić information content (AvgIpc) is 2.85. The zero-order valence-electron chi connectivity index (χ0n) is 8.84. The monoisotopic (exact) mass is 184 g/mol.